The second kappa shape index (κ2) is 4.46. The fraction of sp³-hybridized carbons (Fsp3) is 0.667. The first kappa shape index (κ1) is 12.4. The molecule has 1 atom stereocenters. The average Bonchev–Trinajstić information content (AvgIpc) is 3.13. The van der Waals surface area contributed by atoms with E-state index in [4.69, 9.17) is 11.6 Å². The number of alkyl halides is 1. The molecule has 0 spiro atoms. The Labute approximate surface area is 112 Å². The Morgan fingerprint density at radius 2 is 2.06 bits per heavy atom. The third kappa shape index (κ3) is 2.38. The maximum Gasteiger partial charge on any atom is 0.151 e. The zero-order valence-corrected chi connectivity index (χ0v) is 11.5. The summed E-state index contributed by atoms with van der Waals surface area (Å²) in [5.41, 5.74) is 2.03. The molecule has 1 saturated carbocycles. The van der Waals surface area contributed by atoms with Crippen LogP contribution >= 0.6 is 11.6 Å². The highest BCUT2D eigenvalue weighted by atomic mass is 35.5. The highest BCUT2D eigenvalue weighted by molar-refractivity contribution is 7.91. The lowest BCUT2D eigenvalue weighted by molar-refractivity contribution is 0.601. The van der Waals surface area contributed by atoms with Crippen LogP contribution in [0, 0.1) is 0 Å². The lowest BCUT2D eigenvalue weighted by Crippen LogP contribution is -2.09. The van der Waals surface area contributed by atoms with E-state index in [-0.39, 0.29) is 17.4 Å². The van der Waals surface area contributed by atoms with E-state index >= 15 is 0 Å². The molecule has 98 valence electrons. The van der Waals surface area contributed by atoms with Crippen molar-refractivity contribution in [1.29, 1.82) is 0 Å². The Kier molecular flexibility index (Phi) is 3.06. The van der Waals surface area contributed by atoms with Crippen molar-refractivity contribution in [2.24, 2.45) is 0 Å². The molecule has 0 N–H and O–H groups in total. The molecule has 0 bridgehead atoms. The van der Waals surface area contributed by atoms with Gasteiger partial charge in [0.2, 0.25) is 0 Å². The van der Waals surface area contributed by atoms with Gasteiger partial charge in [-0.15, -0.1) is 11.6 Å². The molecule has 2 heterocycles. The largest absolute Gasteiger partial charge is 0.241 e. The molecule has 3 rings (SSSR count). The minimum Gasteiger partial charge on any atom is -0.241 e. The van der Waals surface area contributed by atoms with Gasteiger partial charge in [-0.05, 0) is 19.3 Å². The van der Waals surface area contributed by atoms with E-state index in [1.54, 1.807) is 6.20 Å². The monoisotopic (exact) mass is 286 g/mol. The first-order valence-corrected chi connectivity index (χ1v) is 8.57. The van der Waals surface area contributed by atoms with Gasteiger partial charge in [0, 0.05) is 23.6 Å². The van der Waals surface area contributed by atoms with Crippen molar-refractivity contribution in [3.05, 3.63) is 23.3 Å². The summed E-state index contributed by atoms with van der Waals surface area (Å²) in [7, 11) is -2.88. The van der Waals surface area contributed by atoms with Gasteiger partial charge in [0.25, 0.3) is 0 Å². The third-order valence-electron chi connectivity index (χ3n) is 3.62. The lowest BCUT2D eigenvalue weighted by Gasteiger charge is -2.10. The van der Waals surface area contributed by atoms with Gasteiger partial charge in [-0.3, -0.25) is 0 Å². The van der Waals surface area contributed by atoms with Crippen LogP contribution in [0.25, 0.3) is 0 Å². The molecule has 6 heteroatoms. The van der Waals surface area contributed by atoms with Gasteiger partial charge < -0.3 is 0 Å². The van der Waals surface area contributed by atoms with Crippen LogP contribution in [0.5, 0.6) is 0 Å². The first-order chi connectivity index (χ1) is 8.59. The fourth-order valence-electron chi connectivity index (χ4n) is 2.44. The normalized spacial score (nSPS) is 26.4. The molecule has 1 unspecified atom stereocenters. The van der Waals surface area contributed by atoms with Gasteiger partial charge in [-0.25, -0.2) is 18.4 Å². The van der Waals surface area contributed by atoms with Gasteiger partial charge in [-0.1, -0.05) is 0 Å². The quantitative estimate of drug-likeness (QED) is 0.798. The number of rotatable bonds is 3. The minimum absolute atomic E-state index is 0.0307. The second-order valence-electron chi connectivity index (χ2n) is 5.15. The Bertz CT molecular complexity index is 569. The average molecular weight is 287 g/mol. The van der Waals surface area contributed by atoms with Crippen LogP contribution in [0.15, 0.2) is 6.20 Å². The summed E-state index contributed by atoms with van der Waals surface area (Å²) >= 11 is 5.89. The maximum absolute atomic E-state index is 11.5. The molecule has 18 heavy (non-hydrogen) atoms. The van der Waals surface area contributed by atoms with Crippen molar-refractivity contribution >= 4 is 21.4 Å². The molecule has 2 fully saturated rings. The van der Waals surface area contributed by atoms with Crippen molar-refractivity contribution in [1.82, 2.24) is 9.97 Å². The molecular weight excluding hydrogens is 272 g/mol. The molecule has 1 saturated heterocycles. The number of aromatic nitrogens is 2. The molecular formula is C12H15ClN2O2S. The molecule has 0 radical (unpaired) electrons. The van der Waals surface area contributed by atoms with E-state index in [1.165, 1.54) is 0 Å². The van der Waals surface area contributed by atoms with Gasteiger partial charge in [0.15, 0.2) is 9.84 Å². The van der Waals surface area contributed by atoms with Crippen LogP contribution in [0.2, 0.25) is 0 Å². The zero-order valence-electron chi connectivity index (χ0n) is 9.97. The summed E-state index contributed by atoms with van der Waals surface area (Å²) in [5.74, 6) is 2.05. The van der Waals surface area contributed by atoms with E-state index in [9.17, 15) is 8.42 Å². The SMILES string of the molecule is O=S1(=O)CCC(c2ncc(CCl)c(C3CC3)n2)C1. The molecule has 4 nitrogen and oxygen atoms in total. The summed E-state index contributed by atoms with van der Waals surface area (Å²) in [4.78, 5) is 8.90. The number of hydrogen-bond acceptors (Lipinski definition) is 4. The van der Waals surface area contributed by atoms with Crippen molar-refractivity contribution < 1.29 is 8.42 Å². The smallest absolute Gasteiger partial charge is 0.151 e. The Hall–Kier alpha value is -0.680. The highest BCUT2D eigenvalue weighted by Gasteiger charge is 2.33. The molecule has 1 aliphatic heterocycles. The molecule has 1 aliphatic carbocycles. The molecule has 1 aromatic rings. The number of halogens is 1. The maximum atomic E-state index is 11.5. The summed E-state index contributed by atoms with van der Waals surface area (Å²) in [5, 5.41) is 0. The van der Waals surface area contributed by atoms with E-state index in [0.29, 0.717) is 24.0 Å². The second-order valence-corrected chi connectivity index (χ2v) is 7.64. The Balaban J connectivity index is 1.91. The summed E-state index contributed by atoms with van der Waals surface area (Å²) < 4.78 is 23.0. The van der Waals surface area contributed by atoms with Gasteiger partial charge in [-0.2, -0.15) is 0 Å². The van der Waals surface area contributed by atoms with Crippen molar-refractivity contribution in [2.75, 3.05) is 11.5 Å². The van der Waals surface area contributed by atoms with E-state index < -0.39 is 9.84 Å². The van der Waals surface area contributed by atoms with Crippen LogP contribution in [0.4, 0.5) is 0 Å². The third-order valence-corrected chi connectivity index (χ3v) is 5.68. The molecule has 2 aliphatic rings. The molecule has 0 aromatic carbocycles. The lowest BCUT2D eigenvalue weighted by atomic mass is 10.1. The molecule has 0 amide bonds. The van der Waals surface area contributed by atoms with Crippen molar-refractivity contribution in [2.45, 2.75) is 37.0 Å². The van der Waals surface area contributed by atoms with Crippen LogP contribution in [-0.2, 0) is 15.7 Å². The number of hydrogen-bond donors (Lipinski definition) is 0. The first-order valence-electron chi connectivity index (χ1n) is 6.21. The summed E-state index contributed by atoms with van der Waals surface area (Å²) in [6.45, 7) is 0. The highest BCUT2D eigenvalue weighted by Crippen LogP contribution is 2.41. The Morgan fingerprint density at radius 1 is 1.28 bits per heavy atom. The van der Waals surface area contributed by atoms with Crippen molar-refractivity contribution in [3.8, 4) is 0 Å². The van der Waals surface area contributed by atoms with E-state index in [0.717, 1.165) is 24.1 Å². The van der Waals surface area contributed by atoms with Crippen LogP contribution in [-0.4, -0.2) is 29.9 Å². The summed E-state index contributed by atoms with van der Waals surface area (Å²) in [6.07, 6.45) is 4.73. The van der Waals surface area contributed by atoms with E-state index in [2.05, 4.69) is 9.97 Å². The van der Waals surface area contributed by atoms with Crippen LogP contribution in [0.1, 0.15) is 48.2 Å². The number of nitrogens with zero attached hydrogens (tertiary/aromatic N) is 2. The summed E-state index contributed by atoms with van der Waals surface area (Å²) in [6, 6.07) is 0. The zero-order chi connectivity index (χ0) is 12.8. The standard InChI is InChI=1S/C12H15ClN2O2S/c13-5-10-6-14-12(15-11(10)8-1-2-8)9-3-4-18(16,17)7-9/h6,8-9H,1-5,7H2. The fourth-order valence-corrected chi connectivity index (χ4v) is 4.39. The Morgan fingerprint density at radius 3 is 2.61 bits per heavy atom. The molecule has 1 aromatic heterocycles. The number of sulfone groups is 1. The van der Waals surface area contributed by atoms with Crippen LogP contribution < -0.4 is 0 Å². The predicted molar refractivity (Wildman–Crippen MR) is 69.6 cm³/mol. The minimum atomic E-state index is -2.88. The predicted octanol–water partition coefficient (Wildman–Crippen LogP) is 1.99. The van der Waals surface area contributed by atoms with Gasteiger partial charge in [0.05, 0.1) is 23.1 Å². The topological polar surface area (TPSA) is 59.9 Å². The van der Waals surface area contributed by atoms with E-state index in [1.807, 2.05) is 0 Å². The van der Waals surface area contributed by atoms with Crippen molar-refractivity contribution in [3.63, 3.8) is 0 Å². The van der Waals surface area contributed by atoms with Crippen LogP contribution in [0.3, 0.4) is 0 Å². The van der Waals surface area contributed by atoms with Gasteiger partial charge in [0.1, 0.15) is 5.82 Å². The van der Waals surface area contributed by atoms with Gasteiger partial charge >= 0.3 is 0 Å².